The van der Waals surface area contributed by atoms with E-state index < -0.39 is 17.9 Å². The van der Waals surface area contributed by atoms with Gasteiger partial charge in [-0.3, -0.25) is 20.4 Å². The number of nitrogens with one attached hydrogen (secondary N) is 2. The Morgan fingerprint density at radius 2 is 1.70 bits per heavy atom. The molecule has 2 aromatic carbocycles. The standard InChI is InChI=1S/C25H28N4O4/c1-5-32-21-11-13-22(14-12-21)33-19(4)25(31)27-26-24(30)16-15-23-17(2)28-29(18(23)3)20-9-7-6-8-10-20/h6-16,19H,5H2,1-4H3,(H,26,30)(H,27,31)/b16-15+. The lowest BCUT2D eigenvalue weighted by molar-refractivity contribution is -0.131. The highest BCUT2D eigenvalue weighted by molar-refractivity contribution is 5.93. The number of ether oxygens (including phenoxy) is 2. The molecule has 0 fully saturated rings. The van der Waals surface area contributed by atoms with Gasteiger partial charge in [-0.2, -0.15) is 5.10 Å². The smallest absolute Gasteiger partial charge is 0.279 e. The topological polar surface area (TPSA) is 94.5 Å². The lowest BCUT2D eigenvalue weighted by Crippen LogP contribution is -2.46. The van der Waals surface area contributed by atoms with E-state index in [0.717, 1.165) is 28.4 Å². The zero-order valence-electron chi connectivity index (χ0n) is 19.2. The van der Waals surface area contributed by atoms with Crippen LogP contribution in [0.4, 0.5) is 0 Å². The van der Waals surface area contributed by atoms with Gasteiger partial charge in [-0.1, -0.05) is 18.2 Å². The van der Waals surface area contributed by atoms with Crippen LogP contribution in [0.25, 0.3) is 11.8 Å². The van der Waals surface area contributed by atoms with Crippen molar-refractivity contribution in [2.75, 3.05) is 6.61 Å². The van der Waals surface area contributed by atoms with E-state index in [1.807, 2.05) is 55.8 Å². The summed E-state index contributed by atoms with van der Waals surface area (Å²) in [5.74, 6) is 0.298. The van der Waals surface area contributed by atoms with Gasteiger partial charge in [0.05, 0.1) is 18.0 Å². The summed E-state index contributed by atoms with van der Waals surface area (Å²) in [7, 11) is 0. The lowest BCUT2D eigenvalue weighted by Gasteiger charge is -2.15. The number of aromatic nitrogens is 2. The molecule has 172 valence electrons. The summed E-state index contributed by atoms with van der Waals surface area (Å²) in [4.78, 5) is 24.5. The number of amides is 2. The van der Waals surface area contributed by atoms with Crippen molar-refractivity contribution in [2.45, 2.75) is 33.8 Å². The molecule has 0 radical (unpaired) electrons. The zero-order valence-corrected chi connectivity index (χ0v) is 19.2. The van der Waals surface area contributed by atoms with Gasteiger partial charge >= 0.3 is 0 Å². The maximum atomic E-state index is 12.3. The Kier molecular flexibility index (Phi) is 7.86. The summed E-state index contributed by atoms with van der Waals surface area (Å²) in [6.45, 7) is 7.89. The molecule has 0 bridgehead atoms. The predicted molar refractivity (Wildman–Crippen MR) is 126 cm³/mol. The average Bonchev–Trinajstić information content (AvgIpc) is 3.11. The van der Waals surface area contributed by atoms with Crippen molar-refractivity contribution in [3.05, 3.63) is 77.6 Å². The van der Waals surface area contributed by atoms with E-state index in [1.165, 1.54) is 6.08 Å². The molecule has 3 rings (SSSR count). The molecule has 33 heavy (non-hydrogen) atoms. The minimum Gasteiger partial charge on any atom is -0.494 e. The van der Waals surface area contributed by atoms with E-state index in [4.69, 9.17) is 9.47 Å². The van der Waals surface area contributed by atoms with E-state index >= 15 is 0 Å². The summed E-state index contributed by atoms with van der Waals surface area (Å²) in [5, 5.41) is 4.55. The van der Waals surface area contributed by atoms with Gasteiger partial charge in [0.1, 0.15) is 11.5 Å². The molecule has 0 aliphatic heterocycles. The van der Waals surface area contributed by atoms with Crippen LogP contribution in [0.1, 0.15) is 30.8 Å². The molecule has 1 atom stereocenters. The lowest BCUT2D eigenvalue weighted by atomic mass is 10.2. The number of para-hydroxylation sites is 1. The third kappa shape index (κ3) is 6.22. The molecule has 2 N–H and O–H groups in total. The Bertz CT molecular complexity index is 1120. The van der Waals surface area contributed by atoms with Crippen LogP contribution in [0.2, 0.25) is 0 Å². The second-order valence-corrected chi connectivity index (χ2v) is 7.31. The molecule has 0 aliphatic carbocycles. The van der Waals surface area contributed by atoms with Gasteiger partial charge in [0.2, 0.25) is 0 Å². The number of rotatable bonds is 8. The summed E-state index contributed by atoms with van der Waals surface area (Å²) in [5.41, 5.74) is 8.22. The van der Waals surface area contributed by atoms with E-state index in [0.29, 0.717) is 12.4 Å². The number of aryl methyl sites for hydroxylation is 1. The summed E-state index contributed by atoms with van der Waals surface area (Å²) >= 11 is 0. The molecule has 0 spiro atoms. The van der Waals surface area contributed by atoms with Crippen LogP contribution >= 0.6 is 0 Å². The second-order valence-electron chi connectivity index (χ2n) is 7.31. The molecule has 0 aliphatic rings. The van der Waals surface area contributed by atoms with E-state index in [2.05, 4.69) is 16.0 Å². The summed E-state index contributed by atoms with van der Waals surface area (Å²) < 4.78 is 12.8. The van der Waals surface area contributed by atoms with Crippen molar-refractivity contribution < 1.29 is 19.1 Å². The highest BCUT2D eigenvalue weighted by Gasteiger charge is 2.15. The molecular weight excluding hydrogens is 420 g/mol. The summed E-state index contributed by atoms with van der Waals surface area (Å²) in [6.07, 6.45) is 2.23. The normalized spacial score (nSPS) is 11.8. The number of hydrogen-bond acceptors (Lipinski definition) is 5. The fourth-order valence-corrected chi connectivity index (χ4v) is 3.18. The Balaban J connectivity index is 1.53. The Morgan fingerprint density at radius 3 is 2.36 bits per heavy atom. The van der Waals surface area contributed by atoms with E-state index in [1.54, 1.807) is 37.3 Å². The average molecular weight is 449 g/mol. The number of nitrogens with zero attached hydrogens (tertiary/aromatic N) is 2. The molecule has 3 aromatic rings. The Hall–Kier alpha value is -4.07. The molecule has 1 unspecified atom stereocenters. The first-order valence-corrected chi connectivity index (χ1v) is 10.7. The third-order valence-electron chi connectivity index (χ3n) is 4.88. The zero-order chi connectivity index (χ0) is 23.8. The van der Waals surface area contributed by atoms with Crippen molar-refractivity contribution in [1.82, 2.24) is 20.6 Å². The largest absolute Gasteiger partial charge is 0.494 e. The van der Waals surface area contributed by atoms with Crippen molar-refractivity contribution in [1.29, 1.82) is 0 Å². The number of carbonyl (C=O) groups excluding carboxylic acids is 2. The molecule has 1 heterocycles. The minimum atomic E-state index is -0.805. The van der Waals surface area contributed by atoms with Crippen molar-refractivity contribution in [2.24, 2.45) is 0 Å². The van der Waals surface area contributed by atoms with Crippen LogP contribution in [-0.4, -0.2) is 34.3 Å². The molecule has 1 aromatic heterocycles. The van der Waals surface area contributed by atoms with Gasteiger partial charge in [-0.05, 0) is 70.2 Å². The number of hydrazine groups is 1. The quantitative estimate of drug-likeness (QED) is 0.406. The van der Waals surface area contributed by atoms with Crippen LogP contribution < -0.4 is 20.3 Å². The maximum absolute atomic E-state index is 12.3. The first kappa shape index (κ1) is 23.6. The highest BCUT2D eigenvalue weighted by Crippen LogP contribution is 2.20. The van der Waals surface area contributed by atoms with E-state index in [-0.39, 0.29) is 0 Å². The summed E-state index contributed by atoms with van der Waals surface area (Å²) in [6, 6.07) is 16.7. The van der Waals surface area contributed by atoms with Gasteiger partial charge < -0.3 is 9.47 Å². The second kappa shape index (κ2) is 11.0. The van der Waals surface area contributed by atoms with Gasteiger partial charge in [-0.15, -0.1) is 0 Å². The van der Waals surface area contributed by atoms with Gasteiger partial charge in [0.25, 0.3) is 11.8 Å². The fourth-order valence-electron chi connectivity index (χ4n) is 3.18. The maximum Gasteiger partial charge on any atom is 0.279 e. The van der Waals surface area contributed by atoms with Crippen molar-refractivity contribution in [3.8, 4) is 17.2 Å². The van der Waals surface area contributed by atoms with Crippen molar-refractivity contribution in [3.63, 3.8) is 0 Å². The van der Waals surface area contributed by atoms with Crippen LogP contribution in [-0.2, 0) is 9.59 Å². The molecule has 0 saturated heterocycles. The Morgan fingerprint density at radius 1 is 1.03 bits per heavy atom. The molecule has 8 heteroatoms. The highest BCUT2D eigenvalue weighted by atomic mass is 16.5. The number of carbonyl (C=O) groups is 2. The SMILES string of the molecule is CCOc1ccc(OC(C)C(=O)NNC(=O)/C=C/c2c(C)nn(-c3ccccc3)c2C)cc1. The molecular formula is C25H28N4O4. The number of hydrogen-bond donors (Lipinski definition) is 2. The Labute approximate surface area is 193 Å². The third-order valence-corrected chi connectivity index (χ3v) is 4.88. The first-order valence-electron chi connectivity index (χ1n) is 10.7. The van der Waals surface area contributed by atoms with Crippen LogP contribution in [0.5, 0.6) is 11.5 Å². The minimum absolute atomic E-state index is 0.470. The molecule has 0 saturated carbocycles. The monoisotopic (exact) mass is 448 g/mol. The predicted octanol–water partition coefficient (Wildman–Crippen LogP) is 3.52. The fraction of sp³-hybridized carbons (Fsp3) is 0.240. The van der Waals surface area contributed by atoms with Crippen molar-refractivity contribution >= 4 is 17.9 Å². The molecule has 2 amide bonds. The van der Waals surface area contributed by atoms with Crippen LogP contribution in [0, 0.1) is 13.8 Å². The van der Waals surface area contributed by atoms with Gasteiger partial charge in [-0.25, -0.2) is 4.68 Å². The van der Waals surface area contributed by atoms with Crippen LogP contribution in [0.3, 0.4) is 0 Å². The molecule has 8 nitrogen and oxygen atoms in total. The van der Waals surface area contributed by atoms with Gasteiger partial charge in [0, 0.05) is 17.3 Å². The van der Waals surface area contributed by atoms with Crippen LogP contribution in [0.15, 0.2) is 60.7 Å². The van der Waals surface area contributed by atoms with Gasteiger partial charge in [0.15, 0.2) is 6.10 Å². The van der Waals surface area contributed by atoms with E-state index in [9.17, 15) is 9.59 Å². The number of benzene rings is 2. The first-order chi connectivity index (χ1) is 15.9.